The van der Waals surface area contributed by atoms with Crippen LogP contribution in [0.5, 0.6) is 5.75 Å². The van der Waals surface area contributed by atoms with E-state index in [0.29, 0.717) is 31.2 Å². The zero-order valence-electron chi connectivity index (χ0n) is 19.4. The van der Waals surface area contributed by atoms with Gasteiger partial charge in [-0.15, -0.1) is 0 Å². The van der Waals surface area contributed by atoms with Gasteiger partial charge in [-0.3, -0.25) is 9.78 Å². The second kappa shape index (κ2) is 10.3. The van der Waals surface area contributed by atoms with Crippen LogP contribution in [0.4, 0.5) is 0 Å². The molecule has 0 aliphatic heterocycles. The summed E-state index contributed by atoms with van der Waals surface area (Å²) in [5, 5.41) is 0. The zero-order chi connectivity index (χ0) is 23.2. The third kappa shape index (κ3) is 5.22. The molecular weight excluding hydrogens is 412 g/mol. The van der Waals surface area contributed by atoms with Gasteiger partial charge in [0.05, 0.1) is 29.7 Å². The molecule has 2 aromatic heterocycles. The number of para-hydroxylation sites is 2. The number of ether oxygens (including phenoxy) is 1. The van der Waals surface area contributed by atoms with Crippen molar-refractivity contribution in [2.75, 3.05) is 13.7 Å². The number of carbonyl (C=O) groups excluding carboxylic acids is 1. The van der Waals surface area contributed by atoms with Crippen LogP contribution in [0.3, 0.4) is 0 Å². The highest BCUT2D eigenvalue weighted by atomic mass is 16.5. The smallest absolute Gasteiger partial charge is 0.255 e. The van der Waals surface area contributed by atoms with Gasteiger partial charge in [0.25, 0.3) is 5.91 Å². The number of fused-ring (bicyclic) bond motifs is 1. The SMILES string of the molecule is CCC(C)c1ccc(OCCn2c(CN(C)C(=O)c3cccnc3)nc3ccccc32)cc1. The summed E-state index contributed by atoms with van der Waals surface area (Å²) < 4.78 is 8.17. The van der Waals surface area contributed by atoms with Gasteiger partial charge in [-0.25, -0.2) is 4.98 Å². The normalized spacial score (nSPS) is 12.0. The Kier molecular flexibility index (Phi) is 7.03. The van der Waals surface area contributed by atoms with E-state index in [1.54, 1.807) is 36.5 Å². The van der Waals surface area contributed by atoms with Gasteiger partial charge in [0, 0.05) is 19.4 Å². The Labute approximate surface area is 194 Å². The average Bonchev–Trinajstić information content (AvgIpc) is 3.21. The number of pyridine rings is 1. The summed E-state index contributed by atoms with van der Waals surface area (Å²) >= 11 is 0. The molecule has 0 saturated carbocycles. The number of benzene rings is 2. The number of imidazole rings is 1. The third-order valence-electron chi connectivity index (χ3n) is 6.01. The topological polar surface area (TPSA) is 60.2 Å². The van der Waals surface area contributed by atoms with Gasteiger partial charge in [-0.05, 0) is 54.3 Å². The van der Waals surface area contributed by atoms with Crippen LogP contribution in [0.2, 0.25) is 0 Å². The molecule has 170 valence electrons. The first-order valence-corrected chi connectivity index (χ1v) is 11.4. The van der Waals surface area contributed by atoms with Crippen molar-refractivity contribution in [2.24, 2.45) is 0 Å². The standard InChI is InChI=1S/C27H30N4O2/c1-4-20(2)21-11-13-23(14-12-21)33-17-16-31-25-10-6-5-9-24(25)29-26(31)19-30(3)27(32)22-8-7-15-28-18-22/h5-15,18,20H,4,16-17,19H2,1-3H3. The minimum atomic E-state index is -0.0839. The molecule has 6 heteroatoms. The van der Waals surface area contributed by atoms with Gasteiger partial charge >= 0.3 is 0 Å². The second-order valence-corrected chi connectivity index (χ2v) is 8.30. The number of hydrogen-bond donors (Lipinski definition) is 0. The lowest BCUT2D eigenvalue weighted by Crippen LogP contribution is -2.28. The Balaban J connectivity index is 1.47. The molecule has 0 N–H and O–H groups in total. The van der Waals surface area contributed by atoms with E-state index in [2.05, 4.69) is 41.6 Å². The number of hydrogen-bond acceptors (Lipinski definition) is 4. The van der Waals surface area contributed by atoms with Gasteiger partial charge in [0.2, 0.25) is 0 Å². The van der Waals surface area contributed by atoms with E-state index >= 15 is 0 Å². The van der Waals surface area contributed by atoms with E-state index < -0.39 is 0 Å². The lowest BCUT2D eigenvalue weighted by atomic mass is 9.99. The number of nitrogens with zero attached hydrogens (tertiary/aromatic N) is 4. The van der Waals surface area contributed by atoms with Gasteiger partial charge in [0.15, 0.2) is 0 Å². The van der Waals surface area contributed by atoms with Crippen molar-refractivity contribution >= 4 is 16.9 Å². The van der Waals surface area contributed by atoms with Crippen LogP contribution < -0.4 is 4.74 Å². The lowest BCUT2D eigenvalue weighted by Gasteiger charge is -2.18. The molecule has 2 aromatic carbocycles. The highest BCUT2D eigenvalue weighted by Gasteiger charge is 2.17. The summed E-state index contributed by atoms with van der Waals surface area (Å²) in [6, 6.07) is 19.9. The Morgan fingerprint density at radius 2 is 1.88 bits per heavy atom. The summed E-state index contributed by atoms with van der Waals surface area (Å²) in [6.07, 6.45) is 4.37. The molecule has 6 nitrogen and oxygen atoms in total. The molecule has 0 saturated heterocycles. The highest BCUT2D eigenvalue weighted by Crippen LogP contribution is 2.22. The number of rotatable bonds is 9. The van der Waals surface area contributed by atoms with Crippen LogP contribution in [-0.4, -0.2) is 39.0 Å². The first-order chi connectivity index (χ1) is 16.1. The molecule has 0 radical (unpaired) electrons. The van der Waals surface area contributed by atoms with Crippen molar-refractivity contribution in [1.82, 2.24) is 19.4 Å². The second-order valence-electron chi connectivity index (χ2n) is 8.30. The Morgan fingerprint density at radius 3 is 2.61 bits per heavy atom. The molecule has 0 aliphatic carbocycles. The average molecular weight is 443 g/mol. The first kappa shape index (κ1) is 22.5. The first-order valence-electron chi connectivity index (χ1n) is 11.4. The summed E-state index contributed by atoms with van der Waals surface area (Å²) in [4.78, 5) is 23.3. The van der Waals surface area contributed by atoms with Crippen molar-refractivity contribution < 1.29 is 9.53 Å². The Bertz CT molecular complexity index is 1200. The molecule has 1 amide bonds. The molecular formula is C27H30N4O2. The van der Waals surface area contributed by atoms with Crippen LogP contribution in [0.1, 0.15) is 47.9 Å². The molecule has 1 unspecified atom stereocenters. The van der Waals surface area contributed by atoms with Crippen molar-refractivity contribution in [3.8, 4) is 5.75 Å². The highest BCUT2D eigenvalue weighted by molar-refractivity contribution is 5.93. The van der Waals surface area contributed by atoms with Crippen LogP contribution >= 0.6 is 0 Å². The van der Waals surface area contributed by atoms with Crippen molar-refractivity contribution in [1.29, 1.82) is 0 Å². The third-order valence-corrected chi connectivity index (χ3v) is 6.01. The molecule has 4 aromatic rings. The van der Waals surface area contributed by atoms with E-state index in [9.17, 15) is 4.79 Å². The van der Waals surface area contributed by atoms with Gasteiger partial charge in [-0.2, -0.15) is 0 Å². The maximum absolute atomic E-state index is 12.8. The van der Waals surface area contributed by atoms with Crippen LogP contribution in [0.25, 0.3) is 11.0 Å². The van der Waals surface area contributed by atoms with Gasteiger partial charge in [0.1, 0.15) is 18.2 Å². The van der Waals surface area contributed by atoms with Gasteiger partial charge in [-0.1, -0.05) is 38.1 Å². The summed E-state index contributed by atoms with van der Waals surface area (Å²) in [6.45, 7) is 5.97. The number of amides is 1. The lowest BCUT2D eigenvalue weighted by molar-refractivity contribution is 0.0779. The molecule has 0 spiro atoms. The fourth-order valence-electron chi connectivity index (χ4n) is 3.87. The van der Waals surface area contributed by atoms with Crippen molar-refractivity contribution in [2.45, 2.75) is 39.3 Å². The molecule has 0 bridgehead atoms. The maximum atomic E-state index is 12.8. The van der Waals surface area contributed by atoms with Crippen LogP contribution in [-0.2, 0) is 13.1 Å². The van der Waals surface area contributed by atoms with Gasteiger partial charge < -0.3 is 14.2 Å². The van der Waals surface area contributed by atoms with Crippen molar-refractivity contribution in [3.63, 3.8) is 0 Å². The summed E-state index contributed by atoms with van der Waals surface area (Å²) in [7, 11) is 1.79. The molecule has 4 rings (SSSR count). The summed E-state index contributed by atoms with van der Waals surface area (Å²) in [5.74, 6) is 2.15. The zero-order valence-corrected chi connectivity index (χ0v) is 19.4. The summed E-state index contributed by atoms with van der Waals surface area (Å²) in [5.41, 5.74) is 3.83. The minimum Gasteiger partial charge on any atom is -0.492 e. The molecule has 0 fully saturated rings. The molecule has 2 heterocycles. The van der Waals surface area contributed by atoms with E-state index in [-0.39, 0.29) is 5.91 Å². The quantitative estimate of drug-likeness (QED) is 0.353. The van der Waals surface area contributed by atoms with E-state index in [0.717, 1.165) is 29.0 Å². The Morgan fingerprint density at radius 1 is 1.09 bits per heavy atom. The largest absolute Gasteiger partial charge is 0.492 e. The monoisotopic (exact) mass is 442 g/mol. The number of carbonyl (C=O) groups is 1. The Hall–Kier alpha value is -3.67. The predicted molar refractivity (Wildman–Crippen MR) is 130 cm³/mol. The van der Waals surface area contributed by atoms with Crippen LogP contribution in [0.15, 0.2) is 73.1 Å². The van der Waals surface area contributed by atoms with E-state index in [1.165, 1.54) is 5.56 Å². The molecule has 1 atom stereocenters. The molecule has 0 aliphatic rings. The molecule has 33 heavy (non-hydrogen) atoms. The fraction of sp³-hybridized carbons (Fsp3) is 0.296. The fourth-order valence-corrected chi connectivity index (χ4v) is 3.87. The predicted octanol–water partition coefficient (Wildman–Crippen LogP) is 5.30. The van der Waals surface area contributed by atoms with E-state index in [1.807, 2.05) is 30.3 Å². The number of aromatic nitrogens is 3. The van der Waals surface area contributed by atoms with Crippen LogP contribution in [0, 0.1) is 0 Å². The minimum absolute atomic E-state index is 0.0839. The maximum Gasteiger partial charge on any atom is 0.255 e. The van der Waals surface area contributed by atoms with E-state index in [4.69, 9.17) is 9.72 Å². The van der Waals surface area contributed by atoms with Crippen molar-refractivity contribution in [3.05, 3.63) is 90.0 Å².